The Balaban J connectivity index is 1.89. The minimum absolute atomic E-state index is 0.261. The summed E-state index contributed by atoms with van der Waals surface area (Å²) in [5, 5.41) is 13.5. The second-order valence-electron chi connectivity index (χ2n) is 5.34. The van der Waals surface area contributed by atoms with Gasteiger partial charge in [0.15, 0.2) is 0 Å². The van der Waals surface area contributed by atoms with Crippen molar-refractivity contribution in [2.45, 2.75) is 26.4 Å². The van der Waals surface area contributed by atoms with Crippen LogP contribution in [0.2, 0.25) is 0 Å². The fourth-order valence-corrected chi connectivity index (χ4v) is 2.53. The molecule has 1 aliphatic heterocycles. The van der Waals surface area contributed by atoms with E-state index in [2.05, 4.69) is 42.3 Å². The minimum Gasteiger partial charge on any atom is -0.391 e. The van der Waals surface area contributed by atoms with Crippen molar-refractivity contribution in [1.82, 2.24) is 10.2 Å². The standard InChI is InChI=1S/C15H24N2O/c1-12-3-4-13(2)14(9-12)10-15(18)11-17-7-5-16-6-8-17/h3-4,9,15-16,18H,5-8,10-11H2,1-2H3. The monoisotopic (exact) mass is 248 g/mol. The third kappa shape index (κ3) is 3.80. The second-order valence-corrected chi connectivity index (χ2v) is 5.34. The van der Waals surface area contributed by atoms with Crippen molar-refractivity contribution in [2.24, 2.45) is 0 Å². The predicted molar refractivity (Wildman–Crippen MR) is 74.9 cm³/mol. The topological polar surface area (TPSA) is 35.5 Å². The number of β-amino-alcohol motifs (C(OH)–C–C–N with tert-alkyl or cyclic N) is 1. The summed E-state index contributed by atoms with van der Waals surface area (Å²) < 4.78 is 0. The smallest absolute Gasteiger partial charge is 0.0707 e. The minimum atomic E-state index is -0.261. The Morgan fingerprint density at radius 2 is 2.00 bits per heavy atom. The van der Waals surface area contributed by atoms with Crippen LogP contribution in [0, 0.1) is 13.8 Å². The fraction of sp³-hybridized carbons (Fsp3) is 0.600. The Kier molecular flexibility index (Phi) is 4.75. The molecule has 1 unspecified atom stereocenters. The van der Waals surface area contributed by atoms with Crippen molar-refractivity contribution in [3.05, 3.63) is 34.9 Å². The summed E-state index contributed by atoms with van der Waals surface area (Å²) in [5.74, 6) is 0. The highest BCUT2D eigenvalue weighted by Crippen LogP contribution is 2.13. The van der Waals surface area contributed by atoms with E-state index in [9.17, 15) is 5.11 Å². The number of nitrogens with one attached hydrogen (secondary N) is 1. The van der Waals surface area contributed by atoms with Crippen LogP contribution in [0.4, 0.5) is 0 Å². The molecule has 3 nitrogen and oxygen atoms in total. The Hall–Kier alpha value is -0.900. The Morgan fingerprint density at radius 1 is 1.28 bits per heavy atom. The number of nitrogens with zero attached hydrogens (tertiary/aromatic N) is 1. The molecule has 0 radical (unpaired) electrons. The van der Waals surface area contributed by atoms with E-state index in [0.717, 1.165) is 39.1 Å². The maximum Gasteiger partial charge on any atom is 0.0707 e. The lowest BCUT2D eigenvalue weighted by Crippen LogP contribution is -2.46. The van der Waals surface area contributed by atoms with Gasteiger partial charge in [-0.1, -0.05) is 23.8 Å². The number of aryl methyl sites for hydroxylation is 2. The summed E-state index contributed by atoms with van der Waals surface area (Å²) in [7, 11) is 0. The Morgan fingerprint density at radius 3 is 2.72 bits per heavy atom. The maximum absolute atomic E-state index is 10.2. The van der Waals surface area contributed by atoms with Crippen LogP contribution in [0.5, 0.6) is 0 Å². The summed E-state index contributed by atoms with van der Waals surface area (Å²) in [5.41, 5.74) is 3.82. The van der Waals surface area contributed by atoms with Gasteiger partial charge in [0, 0.05) is 32.7 Å². The van der Waals surface area contributed by atoms with Crippen LogP contribution in [0.1, 0.15) is 16.7 Å². The first kappa shape index (κ1) is 13.5. The summed E-state index contributed by atoms with van der Waals surface area (Å²) in [6, 6.07) is 6.46. The predicted octanol–water partition coefficient (Wildman–Crippen LogP) is 1.11. The number of rotatable bonds is 4. The van der Waals surface area contributed by atoms with Gasteiger partial charge >= 0.3 is 0 Å². The molecular formula is C15H24N2O. The van der Waals surface area contributed by atoms with Crippen LogP contribution in [-0.4, -0.2) is 48.8 Å². The lowest BCUT2D eigenvalue weighted by Gasteiger charge is -2.29. The number of piperazine rings is 1. The second kappa shape index (κ2) is 6.32. The molecule has 0 bridgehead atoms. The van der Waals surface area contributed by atoms with Gasteiger partial charge in [-0.2, -0.15) is 0 Å². The van der Waals surface area contributed by atoms with Gasteiger partial charge in [-0.3, -0.25) is 4.90 Å². The van der Waals surface area contributed by atoms with Gasteiger partial charge in [-0.25, -0.2) is 0 Å². The van der Waals surface area contributed by atoms with Gasteiger partial charge < -0.3 is 10.4 Å². The van der Waals surface area contributed by atoms with Crippen LogP contribution in [0.15, 0.2) is 18.2 Å². The van der Waals surface area contributed by atoms with E-state index in [1.54, 1.807) is 0 Å². The zero-order valence-electron chi connectivity index (χ0n) is 11.4. The maximum atomic E-state index is 10.2. The van der Waals surface area contributed by atoms with E-state index < -0.39 is 0 Å². The van der Waals surface area contributed by atoms with E-state index in [1.807, 2.05) is 0 Å². The highest BCUT2D eigenvalue weighted by molar-refractivity contribution is 5.30. The van der Waals surface area contributed by atoms with Crippen molar-refractivity contribution in [1.29, 1.82) is 0 Å². The van der Waals surface area contributed by atoms with Crippen molar-refractivity contribution >= 4 is 0 Å². The molecule has 1 fully saturated rings. The van der Waals surface area contributed by atoms with Gasteiger partial charge in [0.1, 0.15) is 0 Å². The van der Waals surface area contributed by atoms with Gasteiger partial charge in [-0.05, 0) is 31.4 Å². The van der Waals surface area contributed by atoms with E-state index in [1.165, 1.54) is 16.7 Å². The molecule has 1 aliphatic rings. The first-order chi connectivity index (χ1) is 8.65. The number of aliphatic hydroxyl groups excluding tert-OH is 1. The van der Waals surface area contributed by atoms with Crippen LogP contribution >= 0.6 is 0 Å². The quantitative estimate of drug-likeness (QED) is 0.838. The summed E-state index contributed by atoms with van der Waals surface area (Å²) in [4.78, 5) is 2.34. The fourth-order valence-electron chi connectivity index (χ4n) is 2.53. The summed E-state index contributed by atoms with van der Waals surface area (Å²) in [6.45, 7) is 9.17. The molecule has 2 rings (SSSR count). The van der Waals surface area contributed by atoms with Gasteiger partial charge in [0.25, 0.3) is 0 Å². The van der Waals surface area contributed by atoms with Crippen molar-refractivity contribution in [2.75, 3.05) is 32.7 Å². The molecule has 1 heterocycles. The van der Waals surface area contributed by atoms with Gasteiger partial charge in [0.2, 0.25) is 0 Å². The molecule has 1 aromatic carbocycles. The average molecular weight is 248 g/mol. The highest BCUT2D eigenvalue weighted by atomic mass is 16.3. The van der Waals surface area contributed by atoms with Crippen molar-refractivity contribution in [3.8, 4) is 0 Å². The molecule has 100 valence electrons. The molecule has 2 N–H and O–H groups in total. The van der Waals surface area contributed by atoms with Gasteiger partial charge in [-0.15, -0.1) is 0 Å². The Bertz CT molecular complexity index is 386. The number of aliphatic hydroxyl groups is 1. The zero-order valence-corrected chi connectivity index (χ0v) is 11.4. The molecule has 1 saturated heterocycles. The molecular weight excluding hydrogens is 224 g/mol. The van der Waals surface area contributed by atoms with E-state index in [0.29, 0.717) is 0 Å². The van der Waals surface area contributed by atoms with Crippen molar-refractivity contribution < 1.29 is 5.11 Å². The van der Waals surface area contributed by atoms with Crippen LogP contribution in [0.25, 0.3) is 0 Å². The van der Waals surface area contributed by atoms with Crippen LogP contribution in [0.3, 0.4) is 0 Å². The Labute approximate surface area is 110 Å². The van der Waals surface area contributed by atoms with Crippen molar-refractivity contribution in [3.63, 3.8) is 0 Å². The van der Waals surface area contributed by atoms with Gasteiger partial charge in [0.05, 0.1) is 6.10 Å². The number of hydrogen-bond donors (Lipinski definition) is 2. The molecule has 0 saturated carbocycles. The largest absolute Gasteiger partial charge is 0.391 e. The normalized spacial score (nSPS) is 18.8. The molecule has 0 aliphatic carbocycles. The number of hydrogen-bond acceptors (Lipinski definition) is 3. The molecule has 0 aromatic heterocycles. The molecule has 1 aromatic rings. The third-order valence-corrected chi connectivity index (χ3v) is 3.64. The molecule has 18 heavy (non-hydrogen) atoms. The molecule has 1 atom stereocenters. The lowest BCUT2D eigenvalue weighted by molar-refractivity contribution is 0.105. The highest BCUT2D eigenvalue weighted by Gasteiger charge is 2.15. The first-order valence-electron chi connectivity index (χ1n) is 6.82. The zero-order chi connectivity index (χ0) is 13.0. The van der Waals surface area contributed by atoms with E-state index >= 15 is 0 Å². The lowest BCUT2D eigenvalue weighted by atomic mass is 10.00. The third-order valence-electron chi connectivity index (χ3n) is 3.64. The molecule has 0 amide bonds. The van der Waals surface area contributed by atoms with Crippen LogP contribution in [-0.2, 0) is 6.42 Å². The number of benzene rings is 1. The summed E-state index contributed by atoms with van der Waals surface area (Å²) in [6.07, 6.45) is 0.501. The van der Waals surface area contributed by atoms with E-state index in [-0.39, 0.29) is 6.10 Å². The molecule has 3 heteroatoms. The molecule has 0 spiro atoms. The van der Waals surface area contributed by atoms with E-state index in [4.69, 9.17) is 0 Å². The first-order valence-corrected chi connectivity index (χ1v) is 6.82. The summed E-state index contributed by atoms with van der Waals surface area (Å²) >= 11 is 0. The van der Waals surface area contributed by atoms with Crippen LogP contribution < -0.4 is 5.32 Å². The average Bonchev–Trinajstić information content (AvgIpc) is 2.35. The SMILES string of the molecule is Cc1ccc(C)c(CC(O)CN2CCNCC2)c1.